The van der Waals surface area contributed by atoms with Crippen molar-refractivity contribution in [3.63, 3.8) is 0 Å². The van der Waals surface area contributed by atoms with Gasteiger partial charge in [-0.1, -0.05) is 40.5 Å². The average Bonchev–Trinajstić information content (AvgIpc) is 3.26. The van der Waals surface area contributed by atoms with Crippen molar-refractivity contribution < 1.29 is 14.4 Å². The van der Waals surface area contributed by atoms with Gasteiger partial charge in [-0.2, -0.15) is 5.21 Å². The van der Waals surface area contributed by atoms with E-state index >= 15 is 0 Å². The van der Waals surface area contributed by atoms with Gasteiger partial charge in [0.1, 0.15) is 16.8 Å². The summed E-state index contributed by atoms with van der Waals surface area (Å²) in [5.74, 6) is -0.547. The Morgan fingerprint density at radius 3 is 2.50 bits per heavy atom. The van der Waals surface area contributed by atoms with Crippen LogP contribution in [0.2, 0.25) is 10.0 Å². The van der Waals surface area contributed by atoms with E-state index in [1.807, 2.05) is 12.1 Å². The van der Waals surface area contributed by atoms with Crippen LogP contribution in [0.4, 0.5) is 11.4 Å². The number of fused-ring (bicyclic) bond motifs is 1. The fraction of sp³-hybridized carbons (Fsp3) is 0.333. The van der Waals surface area contributed by atoms with E-state index in [0.29, 0.717) is 53.1 Å². The number of tetrazole rings is 1. The molecule has 15 heteroatoms. The van der Waals surface area contributed by atoms with Crippen LogP contribution in [-0.2, 0) is 27.2 Å². The predicted molar refractivity (Wildman–Crippen MR) is 155 cm³/mol. The first-order valence-corrected chi connectivity index (χ1v) is 14.1. The van der Waals surface area contributed by atoms with Crippen molar-refractivity contribution in [2.75, 3.05) is 17.2 Å². The smallest absolute Gasteiger partial charge is 0.270 e. The van der Waals surface area contributed by atoms with E-state index < -0.39 is 23.3 Å². The number of nitrogens with two attached hydrogens (primary N) is 1. The largest absolute Gasteiger partial charge is 0.399 e. The highest BCUT2D eigenvalue weighted by Gasteiger charge is 2.60. The first kappa shape index (κ1) is 27.8. The molecule has 1 aromatic heterocycles. The van der Waals surface area contributed by atoms with Crippen LogP contribution in [0.5, 0.6) is 0 Å². The van der Waals surface area contributed by atoms with Crippen LogP contribution in [0.1, 0.15) is 31.2 Å². The summed E-state index contributed by atoms with van der Waals surface area (Å²) in [6, 6.07) is 12.1. The summed E-state index contributed by atoms with van der Waals surface area (Å²) in [5, 5.41) is 23.3. The van der Waals surface area contributed by atoms with Crippen molar-refractivity contribution in [3.05, 3.63) is 75.8 Å². The first-order valence-electron chi connectivity index (χ1n) is 13.3. The molecule has 218 valence electrons. The van der Waals surface area contributed by atoms with Gasteiger partial charge in [-0.15, -0.1) is 10.2 Å². The lowest BCUT2D eigenvalue weighted by Gasteiger charge is -2.34. The van der Waals surface area contributed by atoms with Crippen LogP contribution < -0.4 is 26.6 Å². The Kier molecular flexibility index (Phi) is 6.93. The van der Waals surface area contributed by atoms with Gasteiger partial charge in [0.15, 0.2) is 12.1 Å². The van der Waals surface area contributed by atoms with E-state index in [1.165, 1.54) is 0 Å². The molecule has 3 heterocycles. The fourth-order valence-corrected chi connectivity index (χ4v) is 6.01. The fourth-order valence-electron chi connectivity index (χ4n) is 5.49. The molecule has 3 amide bonds. The van der Waals surface area contributed by atoms with Crippen LogP contribution in [0.15, 0.2) is 54.4 Å². The molecule has 3 aromatic rings. The maximum atomic E-state index is 14.2. The number of rotatable bonds is 9. The highest BCUT2D eigenvalue weighted by atomic mass is 35.5. The molecule has 6 rings (SSSR count). The molecule has 6 N–H and O–H groups in total. The Morgan fingerprint density at radius 1 is 1.14 bits per heavy atom. The number of nitrogen functional groups attached to an aromatic ring is 1. The molecule has 0 radical (unpaired) electrons. The molecule has 13 nitrogen and oxygen atoms in total. The molecule has 42 heavy (non-hydrogen) atoms. The molecular weight excluding hydrogens is 583 g/mol. The van der Waals surface area contributed by atoms with Gasteiger partial charge in [-0.3, -0.25) is 19.3 Å². The van der Waals surface area contributed by atoms with Crippen LogP contribution in [0.25, 0.3) is 0 Å². The minimum Gasteiger partial charge on any atom is -0.399 e. The Bertz CT molecular complexity index is 1550. The molecule has 0 spiro atoms. The zero-order chi connectivity index (χ0) is 29.6. The van der Waals surface area contributed by atoms with Gasteiger partial charge >= 0.3 is 0 Å². The number of nitrogens with one attached hydrogen (secondary N) is 4. The standard InChI is InChI=1S/C27H28Cl2N10O3/c1-26(13-15-2-4-18(30)5-3-15)24(42)38(19-11-16(28)10-17(29)12-19)25-32-14-20(39(25)26)22(40)33-27(7-8-27)23(41)31-9-6-21-34-36-37-35-21/h2-5,10-12,14,25,32H,6-9,13,30H2,1H3,(H,31,41)(H,33,40)(H,34,35,36,37)/t25?,26-/m1/s1. The second kappa shape index (κ2) is 10.5. The molecule has 1 aliphatic carbocycles. The SMILES string of the molecule is C[C@@]1(Cc2ccc(N)cc2)C(=O)N(c2cc(Cl)cc(Cl)c2)C2NC=C(C(=O)NC3(C(=O)NCCc4nn[nH]n4)CC3)N21. The summed E-state index contributed by atoms with van der Waals surface area (Å²) >= 11 is 12.6. The minimum atomic E-state index is -1.19. The number of H-pyrrole nitrogens is 1. The number of carbonyl (C=O) groups excluding carboxylic acids is 3. The second-order valence-corrected chi connectivity index (χ2v) is 11.7. The first-order chi connectivity index (χ1) is 20.1. The molecule has 2 aliphatic heterocycles. The summed E-state index contributed by atoms with van der Waals surface area (Å²) in [5.41, 5.74) is 5.83. The second-order valence-electron chi connectivity index (χ2n) is 10.8. The van der Waals surface area contributed by atoms with Gasteiger partial charge in [-0.25, -0.2) is 0 Å². The molecular formula is C27H28Cl2N10O3. The Balaban J connectivity index is 1.25. The topological polar surface area (TPSA) is 174 Å². The maximum absolute atomic E-state index is 14.2. The molecule has 1 saturated carbocycles. The lowest BCUT2D eigenvalue weighted by Crippen LogP contribution is -2.54. The molecule has 1 unspecified atom stereocenters. The quantitative estimate of drug-likeness (QED) is 0.225. The molecule has 3 aliphatic rings. The van der Waals surface area contributed by atoms with Gasteiger partial charge in [0, 0.05) is 41.3 Å². The molecule has 2 fully saturated rings. The van der Waals surface area contributed by atoms with Crippen molar-refractivity contribution in [2.45, 2.75) is 50.0 Å². The summed E-state index contributed by atoms with van der Waals surface area (Å²) in [6.07, 6.45) is 2.49. The van der Waals surface area contributed by atoms with E-state index in [1.54, 1.807) is 53.3 Å². The van der Waals surface area contributed by atoms with Gasteiger partial charge in [0.05, 0.1) is 5.69 Å². The van der Waals surface area contributed by atoms with Gasteiger partial charge < -0.3 is 26.6 Å². The van der Waals surface area contributed by atoms with Crippen LogP contribution >= 0.6 is 23.2 Å². The number of hydrogen-bond acceptors (Lipinski definition) is 9. The maximum Gasteiger partial charge on any atom is 0.270 e. The highest BCUT2D eigenvalue weighted by molar-refractivity contribution is 6.35. The summed E-state index contributed by atoms with van der Waals surface area (Å²) in [7, 11) is 0. The molecule has 2 aromatic carbocycles. The van der Waals surface area contributed by atoms with Crippen molar-refractivity contribution in [1.29, 1.82) is 0 Å². The zero-order valence-corrected chi connectivity index (χ0v) is 24.0. The van der Waals surface area contributed by atoms with Crippen LogP contribution in [0.3, 0.4) is 0 Å². The number of aromatic nitrogens is 4. The normalized spacial score (nSPS) is 21.9. The summed E-state index contributed by atoms with van der Waals surface area (Å²) in [4.78, 5) is 44.3. The van der Waals surface area contributed by atoms with Crippen molar-refractivity contribution in [1.82, 2.24) is 41.5 Å². The summed E-state index contributed by atoms with van der Waals surface area (Å²) in [6.45, 7) is 2.08. The van der Waals surface area contributed by atoms with Crippen molar-refractivity contribution >= 4 is 52.3 Å². The minimum absolute atomic E-state index is 0.229. The highest BCUT2D eigenvalue weighted by Crippen LogP contribution is 2.43. The van der Waals surface area contributed by atoms with E-state index in [4.69, 9.17) is 28.9 Å². The number of halogens is 2. The monoisotopic (exact) mass is 610 g/mol. The van der Waals surface area contributed by atoms with E-state index in [2.05, 4.69) is 36.6 Å². The number of hydrogen-bond donors (Lipinski definition) is 5. The lowest BCUT2D eigenvalue weighted by atomic mass is 9.90. The number of aromatic amines is 1. The van der Waals surface area contributed by atoms with Gasteiger partial charge in [-0.05, 0) is 55.7 Å². The third kappa shape index (κ3) is 4.98. The van der Waals surface area contributed by atoms with Gasteiger partial charge in [0.25, 0.3) is 11.8 Å². The van der Waals surface area contributed by atoms with E-state index in [-0.39, 0.29) is 23.9 Å². The molecule has 1 saturated heterocycles. The zero-order valence-electron chi connectivity index (χ0n) is 22.5. The molecule has 2 atom stereocenters. The Labute approximate surface area is 250 Å². The van der Waals surface area contributed by atoms with E-state index in [9.17, 15) is 14.4 Å². The van der Waals surface area contributed by atoms with Gasteiger partial charge in [0.2, 0.25) is 5.91 Å². The number of benzene rings is 2. The van der Waals surface area contributed by atoms with E-state index in [0.717, 1.165) is 5.56 Å². The number of amides is 3. The van der Waals surface area contributed by atoms with Crippen LogP contribution in [0, 0.1) is 0 Å². The predicted octanol–water partition coefficient (Wildman–Crippen LogP) is 1.47. The van der Waals surface area contributed by atoms with Crippen molar-refractivity contribution in [3.8, 4) is 0 Å². The average molecular weight is 611 g/mol. The lowest BCUT2D eigenvalue weighted by molar-refractivity contribution is -0.130. The number of anilines is 2. The van der Waals surface area contributed by atoms with Crippen LogP contribution in [-0.4, -0.2) is 67.2 Å². The Morgan fingerprint density at radius 2 is 1.86 bits per heavy atom. The Hall–Kier alpha value is -4.36. The number of nitrogens with zero attached hydrogens (tertiary/aromatic N) is 5. The number of carbonyl (C=O) groups is 3. The third-order valence-corrected chi connectivity index (χ3v) is 8.21. The summed E-state index contributed by atoms with van der Waals surface area (Å²) < 4.78 is 0. The third-order valence-electron chi connectivity index (χ3n) is 7.78. The van der Waals surface area contributed by atoms with Crippen molar-refractivity contribution in [2.24, 2.45) is 0 Å². The molecule has 0 bridgehead atoms.